The van der Waals surface area contributed by atoms with Crippen LogP contribution in [0.5, 0.6) is 0 Å². The molecule has 2 aromatic carbocycles. The van der Waals surface area contributed by atoms with Crippen molar-refractivity contribution < 1.29 is 9.59 Å². The fraction of sp³-hybridized carbons (Fsp3) is 0.417. The minimum Gasteiger partial charge on any atom is -0.349 e. The number of carbonyl (C=O) groups excluding carboxylic acids is 2. The highest BCUT2D eigenvalue weighted by atomic mass is 16.2. The standard InChI is InChI=1S/C24H28N2O2/c1-16-7-8-19(24(28)26-21-13-14-21)15-22(16)17-9-11-18(12-10-17)23(27)25-20-5-3-2-4-6-20/h7-12,15,20-21H,2-6,13-14H2,1H3,(H,25,27)(H,26,28). The van der Waals surface area contributed by atoms with Gasteiger partial charge in [0.05, 0.1) is 0 Å². The van der Waals surface area contributed by atoms with Crippen molar-refractivity contribution in [3.05, 3.63) is 59.2 Å². The first-order valence-corrected chi connectivity index (χ1v) is 10.4. The van der Waals surface area contributed by atoms with Crippen molar-refractivity contribution >= 4 is 11.8 Å². The molecule has 0 spiro atoms. The summed E-state index contributed by atoms with van der Waals surface area (Å²) in [4.78, 5) is 24.9. The van der Waals surface area contributed by atoms with E-state index in [-0.39, 0.29) is 11.8 Å². The lowest BCUT2D eigenvalue weighted by molar-refractivity contribution is 0.0925. The Morgan fingerprint density at radius 3 is 1.96 bits per heavy atom. The van der Waals surface area contributed by atoms with Gasteiger partial charge in [0.15, 0.2) is 0 Å². The highest BCUT2D eigenvalue weighted by Crippen LogP contribution is 2.26. The van der Waals surface area contributed by atoms with Crippen LogP contribution in [0.25, 0.3) is 11.1 Å². The first-order chi connectivity index (χ1) is 13.6. The van der Waals surface area contributed by atoms with E-state index in [1.165, 1.54) is 19.3 Å². The average molecular weight is 377 g/mol. The van der Waals surface area contributed by atoms with Crippen LogP contribution in [0, 0.1) is 6.92 Å². The molecule has 0 heterocycles. The Balaban J connectivity index is 1.48. The minimum absolute atomic E-state index is 0.00716. The predicted octanol–water partition coefficient (Wildman–Crippen LogP) is 4.62. The summed E-state index contributed by atoms with van der Waals surface area (Å²) in [6.07, 6.45) is 8.00. The Labute approximate surface area is 166 Å². The van der Waals surface area contributed by atoms with Crippen molar-refractivity contribution in [1.82, 2.24) is 10.6 Å². The van der Waals surface area contributed by atoms with Crippen LogP contribution in [-0.4, -0.2) is 23.9 Å². The van der Waals surface area contributed by atoms with Crippen LogP contribution in [0.15, 0.2) is 42.5 Å². The summed E-state index contributed by atoms with van der Waals surface area (Å²) in [6, 6.07) is 14.2. The van der Waals surface area contributed by atoms with Crippen LogP contribution in [0.4, 0.5) is 0 Å². The largest absolute Gasteiger partial charge is 0.349 e. The molecule has 2 amide bonds. The number of hydrogen-bond acceptors (Lipinski definition) is 2. The van der Waals surface area contributed by atoms with Gasteiger partial charge in [-0.3, -0.25) is 9.59 Å². The van der Waals surface area contributed by atoms with Gasteiger partial charge < -0.3 is 10.6 Å². The number of amides is 2. The van der Waals surface area contributed by atoms with Crippen molar-refractivity contribution in [3.8, 4) is 11.1 Å². The molecule has 0 radical (unpaired) electrons. The Morgan fingerprint density at radius 2 is 1.32 bits per heavy atom. The van der Waals surface area contributed by atoms with Gasteiger partial charge in [0.2, 0.25) is 0 Å². The minimum atomic E-state index is -0.00719. The molecule has 2 aliphatic rings. The molecular formula is C24H28N2O2. The van der Waals surface area contributed by atoms with Crippen molar-refractivity contribution in [3.63, 3.8) is 0 Å². The SMILES string of the molecule is Cc1ccc(C(=O)NC2CC2)cc1-c1ccc(C(=O)NC2CCCCC2)cc1. The van der Waals surface area contributed by atoms with Crippen LogP contribution in [-0.2, 0) is 0 Å². The number of nitrogens with one attached hydrogen (secondary N) is 2. The molecule has 0 aliphatic heterocycles. The van der Waals surface area contributed by atoms with E-state index in [4.69, 9.17) is 0 Å². The van der Waals surface area contributed by atoms with Gasteiger partial charge in [0, 0.05) is 23.2 Å². The summed E-state index contributed by atoms with van der Waals surface area (Å²) in [5.41, 5.74) is 4.54. The molecule has 0 aromatic heterocycles. The zero-order valence-electron chi connectivity index (χ0n) is 16.5. The summed E-state index contributed by atoms with van der Waals surface area (Å²) in [6.45, 7) is 2.04. The number of hydrogen-bond donors (Lipinski definition) is 2. The average Bonchev–Trinajstić information content (AvgIpc) is 3.53. The van der Waals surface area contributed by atoms with Crippen LogP contribution < -0.4 is 10.6 Å². The van der Waals surface area contributed by atoms with Crippen LogP contribution in [0.3, 0.4) is 0 Å². The van der Waals surface area contributed by atoms with Crippen molar-refractivity contribution in [2.24, 2.45) is 0 Å². The van der Waals surface area contributed by atoms with E-state index in [2.05, 4.69) is 10.6 Å². The molecule has 4 nitrogen and oxygen atoms in total. The second-order valence-electron chi connectivity index (χ2n) is 8.16. The van der Waals surface area contributed by atoms with Crippen LogP contribution in [0.2, 0.25) is 0 Å². The second-order valence-corrected chi connectivity index (χ2v) is 8.16. The molecule has 2 saturated carbocycles. The monoisotopic (exact) mass is 376 g/mol. The van der Waals surface area contributed by atoms with E-state index in [9.17, 15) is 9.59 Å². The van der Waals surface area contributed by atoms with E-state index < -0.39 is 0 Å². The Bertz CT molecular complexity index is 863. The van der Waals surface area contributed by atoms with Gasteiger partial charge >= 0.3 is 0 Å². The second kappa shape index (κ2) is 8.17. The molecule has 0 bridgehead atoms. The van der Waals surface area contributed by atoms with E-state index in [1.807, 2.05) is 49.4 Å². The predicted molar refractivity (Wildman–Crippen MR) is 111 cm³/mol. The third kappa shape index (κ3) is 4.44. The van der Waals surface area contributed by atoms with E-state index in [0.717, 1.165) is 42.4 Å². The molecule has 2 fully saturated rings. The summed E-state index contributed by atoms with van der Waals surface area (Å²) in [5.74, 6) is -0.0000336. The summed E-state index contributed by atoms with van der Waals surface area (Å²) < 4.78 is 0. The fourth-order valence-corrected chi connectivity index (χ4v) is 3.89. The zero-order chi connectivity index (χ0) is 19.5. The molecule has 146 valence electrons. The molecule has 0 saturated heterocycles. The van der Waals surface area contributed by atoms with Gasteiger partial charge in [-0.05, 0) is 73.6 Å². The quantitative estimate of drug-likeness (QED) is 0.800. The maximum absolute atomic E-state index is 12.5. The molecule has 0 unspecified atom stereocenters. The maximum Gasteiger partial charge on any atom is 0.251 e. The lowest BCUT2D eigenvalue weighted by atomic mass is 9.95. The number of rotatable bonds is 5. The molecule has 2 aliphatic carbocycles. The van der Waals surface area contributed by atoms with Crippen molar-refractivity contribution in [2.75, 3.05) is 0 Å². The maximum atomic E-state index is 12.5. The third-order valence-electron chi connectivity index (χ3n) is 5.81. The molecule has 28 heavy (non-hydrogen) atoms. The zero-order valence-corrected chi connectivity index (χ0v) is 16.5. The third-order valence-corrected chi connectivity index (χ3v) is 5.81. The number of carbonyl (C=O) groups is 2. The Morgan fingerprint density at radius 1 is 0.750 bits per heavy atom. The lowest BCUT2D eigenvalue weighted by Crippen LogP contribution is -2.36. The van der Waals surface area contributed by atoms with Gasteiger partial charge in [0.1, 0.15) is 0 Å². The van der Waals surface area contributed by atoms with Gasteiger partial charge in [-0.15, -0.1) is 0 Å². The normalized spacial score (nSPS) is 17.2. The molecular weight excluding hydrogens is 348 g/mol. The summed E-state index contributed by atoms with van der Waals surface area (Å²) in [5, 5.41) is 6.20. The molecule has 4 rings (SSSR count). The first-order valence-electron chi connectivity index (χ1n) is 10.4. The summed E-state index contributed by atoms with van der Waals surface area (Å²) in [7, 11) is 0. The highest BCUT2D eigenvalue weighted by molar-refractivity contribution is 5.97. The van der Waals surface area contributed by atoms with E-state index in [0.29, 0.717) is 23.2 Å². The lowest BCUT2D eigenvalue weighted by Gasteiger charge is -2.22. The van der Waals surface area contributed by atoms with Gasteiger partial charge in [-0.25, -0.2) is 0 Å². The molecule has 0 atom stereocenters. The van der Waals surface area contributed by atoms with Gasteiger partial charge in [0.25, 0.3) is 11.8 Å². The Kier molecular flexibility index (Phi) is 5.47. The van der Waals surface area contributed by atoms with Gasteiger partial charge in [-0.2, -0.15) is 0 Å². The number of benzene rings is 2. The molecule has 2 N–H and O–H groups in total. The van der Waals surface area contributed by atoms with Gasteiger partial charge in [-0.1, -0.05) is 37.5 Å². The first kappa shape index (κ1) is 18.7. The van der Waals surface area contributed by atoms with Crippen LogP contribution >= 0.6 is 0 Å². The fourth-order valence-electron chi connectivity index (χ4n) is 3.89. The smallest absolute Gasteiger partial charge is 0.251 e. The summed E-state index contributed by atoms with van der Waals surface area (Å²) >= 11 is 0. The number of aryl methyl sites for hydroxylation is 1. The topological polar surface area (TPSA) is 58.2 Å². The van der Waals surface area contributed by atoms with E-state index in [1.54, 1.807) is 0 Å². The molecule has 4 heteroatoms. The van der Waals surface area contributed by atoms with Crippen molar-refractivity contribution in [1.29, 1.82) is 0 Å². The Hall–Kier alpha value is -2.62. The van der Waals surface area contributed by atoms with Crippen molar-refractivity contribution in [2.45, 2.75) is 64.0 Å². The van der Waals surface area contributed by atoms with Crippen LogP contribution in [0.1, 0.15) is 71.2 Å². The molecule has 2 aromatic rings. The van der Waals surface area contributed by atoms with E-state index >= 15 is 0 Å². The highest BCUT2D eigenvalue weighted by Gasteiger charge is 2.24.